The first-order valence-corrected chi connectivity index (χ1v) is 8.72. The number of carbonyl (C=O) groups is 1. The molecular weight excluding hydrogens is 216 g/mol. The predicted octanol–water partition coefficient (Wildman–Crippen LogP) is 2.34. The molecule has 1 saturated heterocycles. The average Bonchev–Trinajstić information content (AvgIpc) is 2.33. The molecule has 0 radical (unpaired) electrons. The van der Waals surface area contributed by atoms with Crippen molar-refractivity contribution in [2.24, 2.45) is 0 Å². The number of ether oxygens (including phenoxy) is 1. The van der Waals surface area contributed by atoms with Crippen LogP contribution in [-0.2, 0) is 4.79 Å². The van der Waals surface area contributed by atoms with Crippen LogP contribution in [0, 0.1) is 0 Å². The van der Waals surface area contributed by atoms with E-state index < -0.39 is 8.07 Å². The van der Waals surface area contributed by atoms with Gasteiger partial charge < -0.3 is 4.74 Å². The lowest BCUT2D eigenvalue weighted by Crippen LogP contribution is -2.47. The van der Waals surface area contributed by atoms with Crippen LogP contribution >= 0.6 is 0 Å². The lowest BCUT2D eigenvalue weighted by molar-refractivity contribution is -0.118. The molecule has 0 unspecified atom stereocenters. The first-order valence-electron chi connectivity index (χ1n) is 5.80. The highest BCUT2D eigenvalue weighted by Crippen LogP contribution is 2.26. The smallest absolute Gasteiger partial charge is 0.132 e. The van der Waals surface area contributed by atoms with Gasteiger partial charge in [0.25, 0.3) is 0 Å². The first-order chi connectivity index (χ1) is 7.64. The Hall–Kier alpha value is -1.09. The lowest BCUT2D eigenvalue weighted by Gasteiger charge is -2.31. The molecule has 3 heteroatoms. The maximum absolute atomic E-state index is 11.3. The van der Waals surface area contributed by atoms with Crippen LogP contribution in [-0.4, -0.2) is 21.0 Å². The maximum Gasteiger partial charge on any atom is 0.132 e. The third-order valence-corrected chi connectivity index (χ3v) is 8.13. The molecule has 0 aliphatic carbocycles. The Bertz CT molecular complexity index is 373. The molecule has 1 aliphatic heterocycles. The summed E-state index contributed by atoms with van der Waals surface area (Å²) in [4.78, 5) is 11.3. The van der Waals surface area contributed by atoms with Crippen molar-refractivity contribution in [2.45, 2.75) is 31.5 Å². The van der Waals surface area contributed by atoms with Crippen molar-refractivity contribution < 1.29 is 9.53 Å². The van der Waals surface area contributed by atoms with E-state index in [2.05, 4.69) is 18.7 Å². The van der Waals surface area contributed by atoms with Crippen molar-refractivity contribution >= 4 is 19.0 Å². The number of methoxy groups -OCH3 is 1. The quantitative estimate of drug-likeness (QED) is 0.734. The maximum atomic E-state index is 11.3. The highest BCUT2D eigenvalue weighted by molar-refractivity contribution is 6.91. The van der Waals surface area contributed by atoms with Gasteiger partial charge in [-0.3, -0.25) is 4.79 Å². The molecule has 0 bridgehead atoms. The van der Waals surface area contributed by atoms with Crippen LogP contribution in [0.15, 0.2) is 24.3 Å². The number of rotatable bonds is 2. The van der Waals surface area contributed by atoms with Crippen LogP contribution in [0.1, 0.15) is 12.8 Å². The summed E-state index contributed by atoms with van der Waals surface area (Å²) >= 11 is 0. The van der Waals surface area contributed by atoms with Gasteiger partial charge in [-0.2, -0.15) is 0 Å². The SMILES string of the molecule is COc1ccc([Si]2(C)CCC(=O)CC2)cc1. The minimum atomic E-state index is -1.37. The molecule has 1 aromatic carbocycles. The summed E-state index contributed by atoms with van der Waals surface area (Å²) in [5.41, 5.74) is 0. The molecule has 1 fully saturated rings. The van der Waals surface area contributed by atoms with Gasteiger partial charge in [0.2, 0.25) is 0 Å². The lowest BCUT2D eigenvalue weighted by atomic mass is 10.2. The van der Waals surface area contributed by atoms with Crippen LogP contribution in [0.4, 0.5) is 0 Å². The van der Waals surface area contributed by atoms with Crippen molar-refractivity contribution in [2.75, 3.05) is 7.11 Å². The third kappa shape index (κ3) is 2.19. The Morgan fingerprint density at radius 1 is 1.12 bits per heavy atom. The normalized spacial score (nSPS) is 19.5. The number of benzene rings is 1. The summed E-state index contributed by atoms with van der Waals surface area (Å²) < 4.78 is 5.17. The van der Waals surface area contributed by atoms with Crippen molar-refractivity contribution in [3.8, 4) is 5.75 Å². The number of hydrogen-bond donors (Lipinski definition) is 0. The molecule has 2 rings (SSSR count). The average molecular weight is 234 g/mol. The van der Waals surface area contributed by atoms with E-state index in [1.807, 2.05) is 12.1 Å². The summed E-state index contributed by atoms with van der Waals surface area (Å²) in [5.74, 6) is 1.35. The molecule has 16 heavy (non-hydrogen) atoms. The fraction of sp³-hybridized carbons (Fsp3) is 0.462. The number of Topliss-reactive ketones (excluding diaryl/α,β-unsaturated/α-hetero) is 1. The van der Waals surface area contributed by atoms with E-state index in [9.17, 15) is 4.79 Å². The minimum absolute atomic E-state index is 0.443. The van der Waals surface area contributed by atoms with E-state index in [-0.39, 0.29) is 0 Å². The van der Waals surface area contributed by atoms with E-state index in [0.29, 0.717) is 5.78 Å². The van der Waals surface area contributed by atoms with E-state index >= 15 is 0 Å². The summed E-state index contributed by atoms with van der Waals surface area (Å²) in [6.45, 7) is 2.39. The Morgan fingerprint density at radius 2 is 1.69 bits per heavy atom. The van der Waals surface area contributed by atoms with Crippen LogP contribution < -0.4 is 9.92 Å². The highest BCUT2D eigenvalue weighted by atomic mass is 28.3. The van der Waals surface area contributed by atoms with Gasteiger partial charge in [0.1, 0.15) is 11.5 Å². The highest BCUT2D eigenvalue weighted by Gasteiger charge is 2.33. The van der Waals surface area contributed by atoms with Gasteiger partial charge in [-0.15, -0.1) is 0 Å². The fourth-order valence-electron chi connectivity index (χ4n) is 2.36. The first kappa shape index (κ1) is 11.4. The van der Waals surface area contributed by atoms with Gasteiger partial charge in [-0.1, -0.05) is 23.9 Å². The van der Waals surface area contributed by atoms with Gasteiger partial charge in [0.05, 0.1) is 15.2 Å². The van der Waals surface area contributed by atoms with Crippen LogP contribution in [0.3, 0.4) is 0 Å². The molecule has 1 aliphatic rings. The Balaban J connectivity index is 2.19. The molecule has 0 saturated carbocycles. The zero-order valence-corrected chi connectivity index (χ0v) is 11.0. The summed E-state index contributed by atoms with van der Waals surface area (Å²) in [6.07, 6.45) is 1.57. The van der Waals surface area contributed by atoms with E-state index in [4.69, 9.17) is 4.74 Å². The van der Waals surface area contributed by atoms with E-state index in [1.54, 1.807) is 7.11 Å². The molecule has 0 amide bonds. The molecule has 0 N–H and O–H groups in total. The van der Waals surface area contributed by atoms with E-state index in [0.717, 1.165) is 30.7 Å². The third-order valence-electron chi connectivity index (χ3n) is 3.70. The van der Waals surface area contributed by atoms with Gasteiger partial charge in [0, 0.05) is 12.8 Å². The summed E-state index contributed by atoms with van der Waals surface area (Å²) in [7, 11) is 0.321. The zero-order chi connectivity index (χ0) is 11.6. The van der Waals surface area contributed by atoms with E-state index in [1.165, 1.54) is 5.19 Å². The molecule has 86 valence electrons. The van der Waals surface area contributed by atoms with Gasteiger partial charge in [0.15, 0.2) is 0 Å². The molecule has 0 spiro atoms. The molecule has 0 atom stereocenters. The summed E-state index contributed by atoms with van der Waals surface area (Å²) in [5, 5.41) is 1.46. The van der Waals surface area contributed by atoms with Crippen LogP contribution in [0.25, 0.3) is 0 Å². The molecule has 2 nitrogen and oxygen atoms in total. The van der Waals surface area contributed by atoms with Crippen molar-refractivity contribution in [1.29, 1.82) is 0 Å². The minimum Gasteiger partial charge on any atom is -0.497 e. The number of hydrogen-bond acceptors (Lipinski definition) is 2. The van der Waals surface area contributed by atoms with Gasteiger partial charge in [-0.25, -0.2) is 0 Å². The zero-order valence-electron chi connectivity index (χ0n) is 9.95. The molecular formula is C13H18O2Si. The second kappa shape index (κ2) is 4.42. The fourth-order valence-corrected chi connectivity index (χ4v) is 5.82. The Morgan fingerprint density at radius 3 is 2.19 bits per heavy atom. The second-order valence-electron chi connectivity index (χ2n) is 4.83. The topological polar surface area (TPSA) is 26.3 Å². The van der Waals surface area contributed by atoms with Crippen molar-refractivity contribution in [3.05, 3.63) is 24.3 Å². The molecule has 1 heterocycles. The van der Waals surface area contributed by atoms with Gasteiger partial charge in [-0.05, 0) is 24.2 Å². The standard InChI is InChI=1S/C13H18O2Si/c1-15-12-3-5-13(6-4-12)16(2)9-7-11(14)8-10-16/h3-6H,7-10H2,1-2H3. The summed E-state index contributed by atoms with van der Waals surface area (Å²) in [6, 6.07) is 10.6. The molecule has 1 aromatic rings. The Labute approximate surface area is 97.6 Å². The Kier molecular flexibility index (Phi) is 3.14. The van der Waals surface area contributed by atoms with Crippen molar-refractivity contribution in [3.63, 3.8) is 0 Å². The monoisotopic (exact) mass is 234 g/mol. The number of ketones is 1. The molecule has 0 aromatic heterocycles. The van der Waals surface area contributed by atoms with Crippen molar-refractivity contribution in [1.82, 2.24) is 0 Å². The van der Waals surface area contributed by atoms with Crippen LogP contribution in [0.2, 0.25) is 18.6 Å². The number of carbonyl (C=O) groups excluding carboxylic acids is 1. The second-order valence-corrected chi connectivity index (χ2v) is 9.53. The van der Waals surface area contributed by atoms with Gasteiger partial charge >= 0.3 is 0 Å². The van der Waals surface area contributed by atoms with Crippen LogP contribution in [0.5, 0.6) is 5.75 Å². The predicted molar refractivity (Wildman–Crippen MR) is 68.1 cm³/mol. The largest absolute Gasteiger partial charge is 0.497 e.